The van der Waals surface area contributed by atoms with Gasteiger partial charge in [0.25, 0.3) is 0 Å². The minimum Gasteiger partial charge on any atom is -0.0619 e. The molecule has 51 heavy (non-hydrogen) atoms. The molecule has 236 valence electrons. The number of hydrogen-bond donors (Lipinski definition) is 0. The van der Waals surface area contributed by atoms with Crippen molar-refractivity contribution in [2.24, 2.45) is 0 Å². The lowest BCUT2D eigenvalue weighted by atomic mass is 9.70. The van der Waals surface area contributed by atoms with E-state index >= 15 is 0 Å². The average Bonchev–Trinajstić information content (AvgIpc) is 3.87. The van der Waals surface area contributed by atoms with E-state index in [0.29, 0.717) is 0 Å². The maximum atomic E-state index is 2.53. The minimum absolute atomic E-state index is 0.323. The Morgan fingerprint density at radius 2 is 0.471 bits per heavy atom. The van der Waals surface area contributed by atoms with Gasteiger partial charge in [-0.2, -0.15) is 0 Å². The van der Waals surface area contributed by atoms with Crippen molar-refractivity contribution in [2.45, 2.75) is 17.3 Å². The van der Waals surface area contributed by atoms with Crippen molar-refractivity contribution in [3.63, 3.8) is 0 Å². The molecule has 8 aromatic carbocycles. The predicted octanol–water partition coefficient (Wildman–Crippen LogP) is 12.0. The first kappa shape index (κ1) is 27.6. The molecule has 4 aliphatic rings. The van der Waals surface area contributed by atoms with Crippen LogP contribution < -0.4 is 0 Å². The van der Waals surface area contributed by atoms with Gasteiger partial charge in [-0.3, -0.25) is 0 Å². The third kappa shape index (κ3) is 3.23. The molecule has 0 radical (unpaired) electrons. The molecule has 2 spiro atoms. The summed E-state index contributed by atoms with van der Waals surface area (Å²) in [7, 11) is 0. The monoisotopic (exact) mass is 644 g/mol. The van der Waals surface area contributed by atoms with Crippen molar-refractivity contribution in [3.05, 3.63) is 238 Å². The highest BCUT2D eigenvalue weighted by atomic mass is 14.5. The number of benzene rings is 8. The second-order valence-corrected chi connectivity index (χ2v) is 14.7. The van der Waals surface area contributed by atoms with Gasteiger partial charge in [0.05, 0.1) is 10.8 Å². The average molecular weight is 645 g/mol. The van der Waals surface area contributed by atoms with E-state index in [1.54, 1.807) is 0 Å². The Hall–Kier alpha value is -6.24. The van der Waals surface area contributed by atoms with Crippen LogP contribution >= 0.6 is 0 Å². The topological polar surface area (TPSA) is 0 Å². The molecule has 0 unspecified atom stereocenters. The Bertz CT molecular complexity index is 2480. The van der Waals surface area contributed by atoms with Gasteiger partial charge >= 0.3 is 0 Å². The van der Waals surface area contributed by atoms with E-state index in [4.69, 9.17) is 0 Å². The fourth-order valence-electron chi connectivity index (χ4n) is 10.7. The molecule has 0 heterocycles. The zero-order chi connectivity index (χ0) is 33.3. The Morgan fingerprint density at radius 3 is 0.745 bits per heavy atom. The van der Waals surface area contributed by atoms with Crippen LogP contribution in [0.15, 0.2) is 182 Å². The fourth-order valence-corrected chi connectivity index (χ4v) is 10.7. The largest absolute Gasteiger partial charge is 0.0725 e. The van der Waals surface area contributed by atoms with Gasteiger partial charge in [-0.25, -0.2) is 0 Å². The van der Waals surface area contributed by atoms with Crippen LogP contribution in [0.3, 0.4) is 0 Å². The van der Waals surface area contributed by atoms with E-state index in [0.717, 1.165) is 6.42 Å². The lowest BCUT2D eigenvalue weighted by Crippen LogP contribution is -2.26. The quantitative estimate of drug-likeness (QED) is 0.176. The molecule has 8 aromatic rings. The molecule has 0 fully saturated rings. The molecular weight excluding hydrogens is 613 g/mol. The maximum absolute atomic E-state index is 2.53. The molecule has 0 aliphatic heterocycles. The molecule has 0 bridgehead atoms. The first-order valence-electron chi connectivity index (χ1n) is 18.1. The summed E-state index contributed by atoms with van der Waals surface area (Å²) in [6, 6.07) is 69.1. The second kappa shape index (κ2) is 9.71. The van der Waals surface area contributed by atoms with Gasteiger partial charge in [0, 0.05) is 0 Å². The zero-order valence-corrected chi connectivity index (χ0v) is 28.0. The molecule has 0 heteroatoms. The van der Waals surface area contributed by atoms with Gasteiger partial charge in [-0.15, -0.1) is 0 Å². The van der Waals surface area contributed by atoms with Crippen LogP contribution in [0.4, 0.5) is 0 Å². The summed E-state index contributed by atoms with van der Waals surface area (Å²) in [5, 5.41) is 0. The lowest BCUT2D eigenvalue weighted by Gasteiger charge is -2.31. The molecule has 0 atom stereocenters. The minimum atomic E-state index is -0.323. The summed E-state index contributed by atoms with van der Waals surface area (Å²) < 4.78 is 0. The number of hydrogen-bond acceptors (Lipinski definition) is 0. The number of fused-ring (bicyclic) bond motifs is 20. The third-order valence-corrected chi connectivity index (χ3v) is 12.5. The fraction of sp³-hybridized carbons (Fsp3) is 0.0588. The van der Waals surface area contributed by atoms with Crippen LogP contribution in [0.25, 0.3) is 44.5 Å². The van der Waals surface area contributed by atoms with Crippen LogP contribution in [-0.2, 0) is 17.3 Å². The summed E-state index contributed by atoms with van der Waals surface area (Å²) >= 11 is 0. The zero-order valence-electron chi connectivity index (χ0n) is 28.0. The van der Waals surface area contributed by atoms with Gasteiger partial charge < -0.3 is 0 Å². The van der Waals surface area contributed by atoms with Gasteiger partial charge in [0.1, 0.15) is 0 Å². The Labute approximate surface area is 298 Å². The van der Waals surface area contributed by atoms with E-state index in [1.807, 2.05) is 0 Å². The molecule has 0 nitrogen and oxygen atoms in total. The van der Waals surface area contributed by atoms with Crippen molar-refractivity contribution in [1.82, 2.24) is 0 Å². The van der Waals surface area contributed by atoms with E-state index in [9.17, 15) is 0 Å². The predicted molar refractivity (Wildman–Crippen MR) is 208 cm³/mol. The SMILES string of the molecule is c1ccc2c(c1)-c1ccccc1C21c2ccccc2-c2ccc(Cc3ccc4c(c3)C3(c5ccccc5-c5ccccc53)c3ccccc3-4)cc21. The Kier molecular flexibility index (Phi) is 5.25. The van der Waals surface area contributed by atoms with E-state index in [2.05, 4.69) is 182 Å². The standard InChI is InChI=1S/C51H32/c1-7-19-42-34(13-1)35-14-2-8-20-43(35)50(42)46-23-11-5-17-38(46)40-27-25-32(30-48(40)50)29-33-26-28-41-39-18-6-12-24-47(39)51(49(41)31-33)44-21-9-3-15-36(44)37-16-4-10-22-45(37)51/h1-28,30-31H,29H2. The Balaban J connectivity index is 1.05. The normalized spacial score (nSPS) is 15.1. The number of rotatable bonds is 2. The van der Waals surface area contributed by atoms with Crippen LogP contribution in [0.5, 0.6) is 0 Å². The van der Waals surface area contributed by atoms with Crippen molar-refractivity contribution in [1.29, 1.82) is 0 Å². The summed E-state index contributed by atoms with van der Waals surface area (Å²) in [6.07, 6.45) is 0.867. The summed E-state index contributed by atoms with van der Waals surface area (Å²) in [6.45, 7) is 0. The molecule has 0 saturated heterocycles. The third-order valence-electron chi connectivity index (χ3n) is 12.5. The second-order valence-electron chi connectivity index (χ2n) is 14.7. The molecule has 0 N–H and O–H groups in total. The lowest BCUT2D eigenvalue weighted by molar-refractivity contribution is 0.789. The molecule has 0 amide bonds. The highest BCUT2D eigenvalue weighted by Gasteiger charge is 2.53. The van der Waals surface area contributed by atoms with E-state index < -0.39 is 0 Å². The first-order chi connectivity index (χ1) is 25.3. The van der Waals surface area contributed by atoms with Crippen molar-refractivity contribution in [3.8, 4) is 44.5 Å². The van der Waals surface area contributed by atoms with Gasteiger partial charge in [-0.05, 0) is 107 Å². The van der Waals surface area contributed by atoms with Crippen molar-refractivity contribution < 1.29 is 0 Å². The molecular formula is C51H32. The maximum Gasteiger partial charge on any atom is 0.0725 e. The van der Waals surface area contributed by atoms with Crippen LogP contribution in [0, 0.1) is 0 Å². The first-order valence-corrected chi connectivity index (χ1v) is 18.1. The van der Waals surface area contributed by atoms with E-state index in [1.165, 1.54) is 100 Å². The molecule has 0 saturated carbocycles. The van der Waals surface area contributed by atoms with Gasteiger partial charge in [0.2, 0.25) is 0 Å². The smallest absolute Gasteiger partial charge is 0.0619 e. The molecule has 4 aliphatic carbocycles. The van der Waals surface area contributed by atoms with Crippen LogP contribution in [-0.4, -0.2) is 0 Å². The molecule has 0 aromatic heterocycles. The van der Waals surface area contributed by atoms with Crippen molar-refractivity contribution >= 4 is 0 Å². The summed E-state index contributed by atoms with van der Waals surface area (Å²) in [4.78, 5) is 0. The van der Waals surface area contributed by atoms with Crippen molar-refractivity contribution in [2.75, 3.05) is 0 Å². The summed E-state index contributed by atoms with van der Waals surface area (Å²) in [5.41, 5.74) is 24.0. The van der Waals surface area contributed by atoms with Crippen LogP contribution in [0.2, 0.25) is 0 Å². The Morgan fingerprint density at radius 1 is 0.235 bits per heavy atom. The highest BCUT2D eigenvalue weighted by Crippen LogP contribution is 2.64. The highest BCUT2D eigenvalue weighted by molar-refractivity contribution is 5.96. The van der Waals surface area contributed by atoms with Crippen LogP contribution in [0.1, 0.15) is 55.6 Å². The summed E-state index contributed by atoms with van der Waals surface area (Å²) in [5.74, 6) is 0. The molecule has 12 rings (SSSR count). The van der Waals surface area contributed by atoms with Gasteiger partial charge in [-0.1, -0.05) is 182 Å². The van der Waals surface area contributed by atoms with Gasteiger partial charge in [0.15, 0.2) is 0 Å². The van der Waals surface area contributed by atoms with E-state index in [-0.39, 0.29) is 10.8 Å².